The maximum atomic E-state index is 5.32. The molecule has 3 aromatic rings. The number of rotatable bonds is 10. The Labute approximate surface area is 178 Å². The molecule has 0 aliphatic carbocycles. The van der Waals surface area contributed by atoms with Crippen molar-refractivity contribution in [3.05, 3.63) is 59.6 Å². The summed E-state index contributed by atoms with van der Waals surface area (Å²) >= 11 is 0. The van der Waals surface area contributed by atoms with Gasteiger partial charge >= 0.3 is 0 Å². The Morgan fingerprint density at radius 3 is 2.67 bits per heavy atom. The van der Waals surface area contributed by atoms with Gasteiger partial charge in [0.2, 0.25) is 5.82 Å². The number of nitrogens with one attached hydrogen (secondary N) is 3. The highest BCUT2D eigenvalue weighted by atomic mass is 16.3. The Morgan fingerprint density at radius 1 is 1.13 bits per heavy atom. The van der Waals surface area contributed by atoms with Gasteiger partial charge in [-0.2, -0.15) is 5.10 Å². The molecular weight excluding hydrogens is 376 g/mol. The monoisotopic (exact) mass is 408 g/mol. The SMILES string of the molecule is CCNC(=NCCCc1ccc(C(C)C)cc1)NCCc1nc(-c2ccco2)n[nH]1. The fourth-order valence-electron chi connectivity index (χ4n) is 3.11. The number of hydrogen-bond donors (Lipinski definition) is 3. The average Bonchev–Trinajstić information content (AvgIpc) is 3.43. The third-order valence-electron chi connectivity index (χ3n) is 4.81. The molecule has 1 aromatic carbocycles. The summed E-state index contributed by atoms with van der Waals surface area (Å²) in [6.45, 7) is 8.84. The molecule has 0 fully saturated rings. The second kappa shape index (κ2) is 11.2. The second-order valence-electron chi connectivity index (χ2n) is 7.52. The van der Waals surface area contributed by atoms with Crippen LogP contribution in [0.5, 0.6) is 0 Å². The van der Waals surface area contributed by atoms with Crippen molar-refractivity contribution in [2.24, 2.45) is 4.99 Å². The summed E-state index contributed by atoms with van der Waals surface area (Å²) in [7, 11) is 0. The van der Waals surface area contributed by atoms with Crippen molar-refractivity contribution in [1.29, 1.82) is 0 Å². The molecular formula is C23H32N6O. The number of aromatic nitrogens is 3. The molecule has 160 valence electrons. The van der Waals surface area contributed by atoms with Crippen molar-refractivity contribution in [2.75, 3.05) is 19.6 Å². The van der Waals surface area contributed by atoms with E-state index in [0.717, 1.165) is 50.7 Å². The molecule has 7 nitrogen and oxygen atoms in total. The standard InChI is InChI=1S/C23H32N6O/c1-4-24-23(25-14-5-7-18-9-11-19(12-10-18)17(2)3)26-15-13-21-27-22(29-28-21)20-8-6-16-30-20/h6,8-12,16-17H,4-5,7,13-15H2,1-3H3,(H2,24,25,26)(H,27,28,29). The number of nitrogens with zero attached hydrogens (tertiary/aromatic N) is 3. The van der Waals surface area contributed by atoms with Crippen LogP contribution < -0.4 is 10.6 Å². The zero-order valence-electron chi connectivity index (χ0n) is 18.1. The van der Waals surface area contributed by atoms with Crippen molar-refractivity contribution in [2.45, 2.75) is 46.0 Å². The lowest BCUT2D eigenvalue weighted by atomic mass is 10.0. The molecule has 2 aromatic heterocycles. The van der Waals surface area contributed by atoms with Gasteiger partial charge in [-0.05, 0) is 48.9 Å². The molecule has 3 rings (SSSR count). The van der Waals surface area contributed by atoms with Gasteiger partial charge in [0, 0.05) is 26.1 Å². The summed E-state index contributed by atoms with van der Waals surface area (Å²) in [5.41, 5.74) is 2.75. The van der Waals surface area contributed by atoms with E-state index in [1.807, 2.05) is 12.1 Å². The van der Waals surface area contributed by atoms with E-state index in [2.05, 4.69) is 75.8 Å². The molecule has 0 radical (unpaired) electrons. The van der Waals surface area contributed by atoms with Gasteiger partial charge < -0.3 is 15.1 Å². The zero-order chi connectivity index (χ0) is 21.2. The molecule has 2 heterocycles. The molecule has 0 spiro atoms. The van der Waals surface area contributed by atoms with E-state index in [1.54, 1.807) is 6.26 Å². The van der Waals surface area contributed by atoms with Gasteiger partial charge in [-0.25, -0.2) is 4.98 Å². The number of guanidine groups is 1. The molecule has 0 saturated carbocycles. The van der Waals surface area contributed by atoms with Crippen LogP contribution in [0.2, 0.25) is 0 Å². The normalized spacial score (nSPS) is 11.8. The number of aryl methyl sites for hydroxylation is 1. The summed E-state index contributed by atoms with van der Waals surface area (Å²) < 4.78 is 5.32. The van der Waals surface area contributed by atoms with Crippen molar-refractivity contribution in [1.82, 2.24) is 25.8 Å². The lowest BCUT2D eigenvalue weighted by Crippen LogP contribution is -2.38. The molecule has 0 aliphatic rings. The van der Waals surface area contributed by atoms with Crippen LogP contribution in [0, 0.1) is 0 Å². The molecule has 7 heteroatoms. The van der Waals surface area contributed by atoms with Crippen LogP contribution in [0.1, 0.15) is 50.1 Å². The largest absolute Gasteiger partial charge is 0.461 e. The van der Waals surface area contributed by atoms with E-state index < -0.39 is 0 Å². The van der Waals surface area contributed by atoms with Crippen LogP contribution in [0.4, 0.5) is 0 Å². The predicted molar refractivity (Wildman–Crippen MR) is 121 cm³/mol. The van der Waals surface area contributed by atoms with E-state index in [1.165, 1.54) is 11.1 Å². The molecule has 30 heavy (non-hydrogen) atoms. The van der Waals surface area contributed by atoms with E-state index in [-0.39, 0.29) is 0 Å². The Bertz CT molecular complexity index is 896. The van der Waals surface area contributed by atoms with E-state index in [0.29, 0.717) is 17.5 Å². The molecule has 0 amide bonds. The van der Waals surface area contributed by atoms with Crippen molar-refractivity contribution < 1.29 is 4.42 Å². The summed E-state index contributed by atoms with van der Waals surface area (Å²) in [4.78, 5) is 9.15. The molecule has 3 N–H and O–H groups in total. The molecule has 0 bridgehead atoms. The highest BCUT2D eigenvalue weighted by Crippen LogP contribution is 2.16. The number of H-pyrrole nitrogens is 1. The van der Waals surface area contributed by atoms with Gasteiger partial charge in [-0.15, -0.1) is 0 Å². The average molecular weight is 409 g/mol. The van der Waals surface area contributed by atoms with Crippen LogP contribution in [-0.2, 0) is 12.8 Å². The first-order valence-corrected chi connectivity index (χ1v) is 10.7. The lowest BCUT2D eigenvalue weighted by Gasteiger charge is -2.10. The predicted octanol–water partition coefficient (Wildman–Crippen LogP) is 3.92. The lowest BCUT2D eigenvalue weighted by molar-refractivity contribution is 0.577. The van der Waals surface area contributed by atoms with Crippen LogP contribution in [0.3, 0.4) is 0 Å². The number of furan rings is 1. The fraction of sp³-hybridized carbons (Fsp3) is 0.435. The highest BCUT2D eigenvalue weighted by molar-refractivity contribution is 5.79. The Hall–Kier alpha value is -3.09. The maximum Gasteiger partial charge on any atom is 0.216 e. The van der Waals surface area contributed by atoms with Crippen LogP contribution in [-0.4, -0.2) is 40.8 Å². The third-order valence-corrected chi connectivity index (χ3v) is 4.81. The zero-order valence-corrected chi connectivity index (χ0v) is 18.1. The topological polar surface area (TPSA) is 91.1 Å². The van der Waals surface area contributed by atoms with Crippen LogP contribution >= 0.6 is 0 Å². The van der Waals surface area contributed by atoms with Gasteiger partial charge in [-0.1, -0.05) is 38.1 Å². The van der Waals surface area contributed by atoms with Crippen molar-refractivity contribution in [3.63, 3.8) is 0 Å². The van der Waals surface area contributed by atoms with Gasteiger partial charge in [0.25, 0.3) is 0 Å². The second-order valence-corrected chi connectivity index (χ2v) is 7.52. The summed E-state index contributed by atoms with van der Waals surface area (Å²) in [6.07, 6.45) is 4.40. The van der Waals surface area contributed by atoms with Gasteiger partial charge in [-0.3, -0.25) is 10.1 Å². The van der Waals surface area contributed by atoms with E-state index in [9.17, 15) is 0 Å². The maximum absolute atomic E-state index is 5.32. The van der Waals surface area contributed by atoms with Gasteiger partial charge in [0.1, 0.15) is 5.82 Å². The van der Waals surface area contributed by atoms with E-state index >= 15 is 0 Å². The smallest absolute Gasteiger partial charge is 0.216 e. The molecule has 0 saturated heterocycles. The fourth-order valence-corrected chi connectivity index (χ4v) is 3.11. The number of aliphatic imine (C=N–C) groups is 1. The molecule has 0 aliphatic heterocycles. The third kappa shape index (κ3) is 6.47. The quantitative estimate of drug-likeness (QED) is 0.269. The Kier molecular flexibility index (Phi) is 8.06. The Balaban J connectivity index is 1.41. The first kappa shape index (κ1) is 21.6. The van der Waals surface area contributed by atoms with Crippen LogP contribution in [0.15, 0.2) is 52.1 Å². The number of hydrogen-bond acceptors (Lipinski definition) is 4. The summed E-state index contributed by atoms with van der Waals surface area (Å²) in [5.74, 6) is 3.47. The van der Waals surface area contributed by atoms with Crippen molar-refractivity contribution >= 4 is 5.96 Å². The summed E-state index contributed by atoms with van der Waals surface area (Å²) in [6, 6.07) is 12.6. The first-order chi connectivity index (χ1) is 14.7. The highest BCUT2D eigenvalue weighted by Gasteiger charge is 2.08. The number of aromatic amines is 1. The van der Waals surface area contributed by atoms with Crippen LogP contribution in [0.25, 0.3) is 11.6 Å². The first-order valence-electron chi connectivity index (χ1n) is 10.7. The van der Waals surface area contributed by atoms with E-state index in [4.69, 9.17) is 4.42 Å². The van der Waals surface area contributed by atoms with Gasteiger partial charge in [0.15, 0.2) is 11.7 Å². The summed E-state index contributed by atoms with van der Waals surface area (Å²) in [5, 5.41) is 13.8. The minimum absolute atomic E-state index is 0.575. The minimum atomic E-state index is 0.575. The molecule has 0 atom stereocenters. The van der Waals surface area contributed by atoms with Crippen molar-refractivity contribution in [3.8, 4) is 11.6 Å². The Morgan fingerprint density at radius 2 is 1.97 bits per heavy atom. The minimum Gasteiger partial charge on any atom is -0.461 e. The number of benzene rings is 1. The molecule has 0 unspecified atom stereocenters. The van der Waals surface area contributed by atoms with Gasteiger partial charge in [0.05, 0.1) is 6.26 Å².